The van der Waals surface area contributed by atoms with Crippen molar-refractivity contribution in [3.05, 3.63) is 72.9 Å². The van der Waals surface area contributed by atoms with Crippen LogP contribution in [0.4, 0.5) is 0 Å². The van der Waals surface area contributed by atoms with Gasteiger partial charge in [-0.05, 0) is 76.7 Å². The molecule has 10 heteroatoms. The topological polar surface area (TPSA) is 114 Å². The van der Waals surface area contributed by atoms with E-state index in [0.29, 0.717) is 23.9 Å². The first-order valence-electron chi connectivity index (χ1n) is 28.3. The molecule has 69 heavy (non-hydrogen) atoms. The molecule has 0 aliphatic rings. The van der Waals surface area contributed by atoms with E-state index >= 15 is 0 Å². The summed E-state index contributed by atoms with van der Waals surface area (Å²) in [6.45, 7) is 6.67. The maximum absolute atomic E-state index is 13.5. The molecule has 0 fully saturated rings. The summed E-state index contributed by atoms with van der Waals surface area (Å²) in [5, 5.41) is 3.00. The van der Waals surface area contributed by atoms with Gasteiger partial charge in [-0.1, -0.05) is 222 Å². The molecule has 0 aromatic heterocycles. The van der Waals surface area contributed by atoms with Gasteiger partial charge in [0.05, 0.1) is 33.8 Å². The van der Waals surface area contributed by atoms with Gasteiger partial charge in [0, 0.05) is 12.8 Å². The monoisotopic (exact) mass is 987 g/mol. The molecule has 0 aliphatic heterocycles. The number of carbonyl (C=O) groups excluding carboxylic acids is 2. The number of allylic oxidation sites excluding steroid dienone is 11. The first kappa shape index (κ1) is 66.5. The summed E-state index contributed by atoms with van der Waals surface area (Å²) in [7, 11) is 1.15. The minimum Gasteiger partial charge on any atom is -0.756 e. The van der Waals surface area contributed by atoms with Crippen LogP contribution in [-0.2, 0) is 27.9 Å². The number of ether oxygens (including phenoxy) is 1. The van der Waals surface area contributed by atoms with Crippen LogP contribution in [0.1, 0.15) is 239 Å². The molecule has 0 heterocycles. The first-order valence-corrected chi connectivity index (χ1v) is 29.8. The predicted molar refractivity (Wildman–Crippen MR) is 293 cm³/mol. The Morgan fingerprint density at radius 1 is 0.522 bits per heavy atom. The molecule has 9 nitrogen and oxygen atoms in total. The highest BCUT2D eigenvalue weighted by molar-refractivity contribution is 7.45. The van der Waals surface area contributed by atoms with E-state index in [9.17, 15) is 19.0 Å². The van der Waals surface area contributed by atoms with Crippen LogP contribution in [0.3, 0.4) is 0 Å². The highest BCUT2D eigenvalue weighted by Crippen LogP contribution is 2.38. The predicted octanol–water partition coefficient (Wildman–Crippen LogP) is 16.3. The lowest BCUT2D eigenvalue weighted by molar-refractivity contribution is -0.870. The molecule has 0 aromatic carbocycles. The SMILES string of the molecule is CC/C=C/C=C/C=C/CCCCCCCCCC(=O)OC(/C=C/CCCCCCCCCCCC)C(COP(=O)([O-])OCC[N+](C)(C)C)NC(=O)CCCCC/C=C/C=C/CCCCCCCCC. The van der Waals surface area contributed by atoms with Crippen molar-refractivity contribution >= 4 is 19.7 Å². The van der Waals surface area contributed by atoms with Gasteiger partial charge in [-0.3, -0.25) is 14.2 Å². The number of hydrogen-bond acceptors (Lipinski definition) is 7. The molecule has 0 bridgehead atoms. The second-order valence-corrected chi connectivity index (χ2v) is 21.6. The molecule has 0 aliphatic carbocycles. The summed E-state index contributed by atoms with van der Waals surface area (Å²) >= 11 is 0. The van der Waals surface area contributed by atoms with Gasteiger partial charge in [0.25, 0.3) is 7.82 Å². The maximum Gasteiger partial charge on any atom is 0.306 e. The summed E-state index contributed by atoms with van der Waals surface area (Å²) in [5.41, 5.74) is 0. The lowest BCUT2D eigenvalue weighted by atomic mass is 10.0. The zero-order valence-corrected chi connectivity index (χ0v) is 46.4. The third kappa shape index (κ3) is 50.2. The Bertz CT molecular complexity index is 1420. The number of unbranched alkanes of at least 4 members (excludes halogenated alkanes) is 27. The van der Waals surface area contributed by atoms with Crippen LogP contribution in [0.5, 0.6) is 0 Å². The zero-order valence-electron chi connectivity index (χ0n) is 45.5. The quantitative estimate of drug-likeness (QED) is 0.0161. The highest BCUT2D eigenvalue weighted by Gasteiger charge is 2.27. The van der Waals surface area contributed by atoms with Gasteiger partial charge >= 0.3 is 5.97 Å². The number of rotatable bonds is 50. The minimum atomic E-state index is -4.70. The summed E-state index contributed by atoms with van der Waals surface area (Å²) in [4.78, 5) is 39.8. The van der Waals surface area contributed by atoms with Gasteiger partial charge in [0.1, 0.15) is 19.3 Å². The lowest BCUT2D eigenvalue weighted by Gasteiger charge is -2.30. The van der Waals surface area contributed by atoms with Crippen LogP contribution in [-0.4, -0.2) is 69.4 Å². The number of carbonyl (C=O) groups is 2. The fraction of sp³-hybridized carbons (Fsp3) is 0.763. The van der Waals surface area contributed by atoms with Gasteiger partial charge in [0.15, 0.2) is 0 Å². The third-order valence-corrected chi connectivity index (χ3v) is 13.2. The molecule has 0 saturated heterocycles. The van der Waals surface area contributed by atoms with Crippen LogP contribution < -0.4 is 10.2 Å². The first-order chi connectivity index (χ1) is 33.4. The molecule has 0 rings (SSSR count). The van der Waals surface area contributed by atoms with Crippen molar-refractivity contribution in [1.29, 1.82) is 0 Å². The molecule has 3 unspecified atom stereocenters. The van der Waals surface area contributed by atoms with Crippen LogP contribution in [0.25, 0.3) is 0 Å². The van der Waals surface area contributed by atoms with Crippen molar-refractivity contribution in [1.82, 2.24) is 5.32 Å². The van der Waals surface area contributed by atoms with Crippen molar-refractivity contribution in [2.45, 2.75) is 251 Å². The number of nitrogens with zero attached hydrogens (tertiary/aromatic N) is 1. The van der Waals surface area contributed by atoms with E-state index in [0.717, 1.165) is 77.0 Å². The molecular weight excluding hydrogens is 880 g/mol. The zero-order chi connectivity index (χ0) is 50.8. The second kappa shape index (κ2) is 49.0. The van der Waals surface area contributed by atoms with Crippen molar-refractivity contribution in [2.24, 2.45) is 0 Å². The number of phosphoric ester groups is 1. The van der Waals surface area contributed by atoms with Crippen LogP contribution >= 0.6 is 7.82 Å². The van der Waals surface area contributed by atoms with Crippen molar-refractivity contribution < 1.29 is 37.3 Å². The molecule has 1 N–H and O–H groups in total. The van der Waals surface area contributed by atoms with E-state index in [1.807, 2.05) is 33.3 Å². The fourth-order valence-electron chi connectivity index (χ4n) is 7.81. The Morgan fingerprint density at radius 3 is 1.41 bits per heavy atom. The average Bonchev–Trinajstić information content (AvgIpc) is 3.31. The van der Waals surface area contributed by atoms with E-state index in [1.54, 1.807) is 0 Å². The Labute approximate surface area is 425 Å². The van der Waals surface area contributed by atoms with Gasteiger partial charge in [-0.2, -0.15) is 0 Å². The lowest BCUT2D eigenvalue weighted by Crippen LogP contribution is -2.47. The molecule has 1 amide bonds. The van der Waals surface area contributed by atoms with Gasteiger partial charge < -0.3 is 28.5 Å². The summed E-state index contributed by atoms with van der Waals surface area (Å²) in [6, 6.07) is -0.908. The standard InChI is InChI=1S/C59H107N2O7P/c1-7-10-13-16-19-22-25-28-30-32-33-36-39-42-45-48-51-58(62)60-56(55-67-69(64,65)66-54-53-61(4,5)6)57(50-47-44-41-38-35-27-24-21-18-15-12-9-3)68-59(63)52-49-46-43-40-37-34-31-29-26-23-20-17-14-11-8-2/h11,14,17,20,23,26,30,32-33,36,47,50,56-57H,7-10,12-13,15-16,18-19,21-22,24-25,27-29,31,34-35,37-46,48-49,51-55H2,1-6H3,(H-,60,62,64,65)/b14-11+,20-17+,26-23+,32-30+,36-33+,50-47+. The minimum absolute atomic E-state index is 0.0319. The Morgan fingerprint density at radius 2 is 0.928 bits per heavy atom. The number of quaternary nitrogens is 1. The number of amides is 1. The number of nitrogens with one attached hydrogen (secondary N) is 1. The van der Waals surface area contributed by atoms with Crippen molar-refractivity contribution in [2.75, 3.05) is 40.9 Å². The van der Waals surface area contributed by atoms with E-state index in [1.165, 1.54) is 116 Å². The van der Waals surface area contributed by atoms with Crippen molar-refractivity contribution in [3.63, 3.8) is 0 Å². The average molecular weight is 987 g/mol. The molecule has 3 atom stereocenters. The van der Waals surface area contributed by atoms with E-state index < -0.39 is 26.6 Å². The molecule has 0 saturated carbocycles. The van der Waals surface area contributed by atoms with Crippen LogP contribution in [0, 0.1) is 0 Å². The maximum atomic E-state index is 13.5. The van der Waals surface area contributed by atoms with Gasteiger partial charge in [0.2, 0.25) is 5.91 Å². The molecule has 0 aromatic rings. The van der Waals surface area contributed by atoms with Crippen LogP contribution in [0.2, 0.25) is 0 Å². The number of likely N-dealkylation sites (N-methyl/N-ethyl adjacent to an activating group) is 1. The normalized spacial score (nSPS) is 14.4. The highest BCUT2D eigenvalue weighted by atomic mass is 31.2. The number of hydrogen-bond donors (Lipinski definition) is 1. The summed E-state index contributed by atoms with van der Waals surface area (Å²) < 4.78 is 30.2. The van der Waals surface area contributed by atoms with Gasteiger partial charge in [-0.15, -0.1) is 0 Å². The van der Waals surface area contributed by atoms with E-state index in [2.05, 4.69) is 86.8 Å². The molecule has 0 spiro atoms. The van der Waals surface area contributed by atoms with Crippen LogP contribution in [0.15, 0.2) is 72.9 Å². The largest absolute Gasteiger partial charge is 0.756 e. The Balaban J connectivity index is 5.43. The number of phosphoric acid groups is 1. The van der Waals surface area contributed by atoms with E-state index in [-0.39, 0.29) is 31.3 Å². The van der Waals surface area contributed by atoms with E-state index in [4.69, 9.17) is 13.8 Å². The molecule has 0 radical (unpaired) electrons. The van der Waals surface area contributed by atoms with Gasteiger partial charge in [-0.25, -0.2) is 0 Å². The number of esters is 1. The second-order valence-electron chi connectivity index (χ2n) is 20.1. The van der Waals surface area contributed by atoms with Crippen molar-refractivity contribution in [3.8, 4) is 0 Å². The fourth-order valence-corrected chi connectivity index (χ4v) is 8.53. The third-order valence-electron chi connectivity index (χ3n) is 12.2. The molecular formula is C59H107N2O7P. The Hall–Kier alpha value is -2.55. The Kier molecular flexibility index (Phi) is 47.2. The molecule has 400 valence electrons. The smallest absolute Gasteiger partial charge is 0.306 e. The summed E-state index contributed by atoms with van der Waals surface area (Å²) in [5.74, 6) is -0.588. The summed E-state index contributed by atoms with van der Waals surface area (Å²) in [6.07, 6.45) is 61.5.